The third-order valence-corrected chi connectivity index (χ3v) is 3.05. The van der Waals surface area contributed by atoms with Crippen molar-refractivity contribution < 1.29 is 10.2 Å². The fourth-order valence-electron chi connectivity index (χ4n) is 1.89. The Balaban J connectivity index is 0.000000217. The molecule has 0 spiro atoms. The van der Waals surface area contributed by atoms with Gasteiger partial charge in [0.2, 0.25) is 0 Å². The van der Waals surface area contributed by atoms with Crippen LogP contribution < -0.4 is 0 Å². The maximum Gasteiger partial charge on any atom is 0.122 e. The fourth-order valence-corrected chi connectivity index (χ4v) is 1.89. The van der Waals surface area contributed by atoms with Gasteiger partial charge in [0.1, 0.15) is 11.5 Å². The van der Waals surface area contributed by atoms with E-state index in [1.807, 2.05) is 44.2 Å². The van der Waals surface area contributed by atoms with Crippen molar-refractivity contribution in [2.75, 3.05) is 0 Å². The van der Waals surface area contributed by atoms with Gasteiger partial charge in [-0.05, 0) is 48.1 Å². The molecule has 2 heteroatoms. The zero-order valence-corrected chi connectivity index (χ0v) is 12.9. The molecule has 2 rings (SSSR count). The first-order valence-electron chi connectivity index (χ1n) is 6.76. The highest BCUT2D eigenvalue weighted by atomic mass is 16.3. The highest BCUT2D eigenvalue weighted by molar-refractivity contribution is 5.43. The van der Waals surface area contributed by atoms with Gasteiger partial charge in [-0.1, -0.05) is 51.1 Å². The fraction of sp³-hybridized carbons (Fsp3) is 0.333. The number of aryl methyl sites for hydroxylation is 2. The minimum Gasteiger partial charge on any atom is -0.508 e. The van der Waals surface area contributed by atoms with Crippen molar-refractivity contribution in [3.63, 3.8) is 0 Å². The molecule has 0 saturated heterocycles. The molecule has 2 nitrogen and oxygen atoms in total. The third kappa shape index (κ3) is 4.61. The first-order valence-corrected chi connectivity index (χ1v) is 6.76. The summed E-state index contributed by atoms with van der Waals surface area (Å²) in [5.74, 6) is 0.773. The molecule has 0 unspecified atom stereocenters. The Kier molecular flexibility index (Phi) is 5.20. The molecule has 0 aliphatic heterocycles. The second-order valence-electron chi connectivity index (χ2n) is 6.06. The summed E-state index contributed by atoms with van der Waals surface area (Å²) in [5, 5.41) is 18.5. The van der Waals surface area contributed by atoms with Gasteiger partial charge in [-0.25, -0.2) is 0 Å². The van der Waals surface area contributed by atoms with Crippen LogP contribution in [-0.2, 0) is 5.41 Å². The molecule has 2 aromatic rings. The van der Waals surface area contributed by atoms with Crippen LogP contribution in [-0.4, -0.2) is 10.2 Å². The van der Waals surface area contributed by atoms with E-state index in [0.717, 1.165) is 16.7 Å². The molecule has 0 heterocycles. The van der Waals surface area contributed by atoms with Crippen LogP contribution in [0.15, 0.2) is 42.5 Å². The molecular formula is C18H24O2. The second-order valence-corrected chi connectivity index (χ2v) is 6.06. The maximum absolute atomic E-state index is 9.73. The number of hydrogen-bond donors (Lipinski definition) is 2. The highest BCUT2D eigenvalue weighted by Gasteiger charge is 2.18. The van der Waals surface area contributed by atoms with Crippen LogP contribution in [0.5, 0.6) is 11.5 Å². The van der Waals surface area contributed by atoms with Crippen molar-refractivity contribution in [1.29, 1.82) is 0 Å². The third-order valence-electron chi connectivity index (χ3n) is 3.05. The molecule has 0 aliphatic rings. The molecule has 0 saturated carbocycles. The highest BCUT2D eigenvalue weighted by Crippen LogP contribution is 2.32. The number of rotatable bonds is 0. The molecule has 0 aromatic heterocycles. The van der Waals surface area contributed by atoms with E-state index in [1.165, 1.54) is 0 Å². The smallest absolute Gasteiger partial charge is 0.122 e. The molecule has 0 radical (unpaired) electrons. The van der Waals surface area contributed by atoms with Crippen LogP contribution in [0.2, 0.25) is 0 Å². The summed E-state index contributed by atoms with van der Waals surface area (Å²) in [6, 6.07) is 13.0. The lowest BCUT2D eigenvalue weighted by Crippen LogP contribution is -2.11. The van der Waals surface area contributed by atoms with Gasteiger partial charge in [-0.15, -0.1) is 0 Å². The van der Waals surface area contributed by atoms with Gasteiger partial charge in [-0.2, -0.15) is 0 Å². The van der Waals surface area contributed by atoms with Gasteiger partial charge in [0.15, 0.2) is 0 Å². The van der Waals surface area contributed by atoms with Crippen LogP contribution in [0, 0.1) is 13.8 Å². The van der Waals surface area contributed by atoms with Gasteiger partial charge in [0, 0.05) is 0 Å². The quantitative estimate of drug-likeness (QED) is 0.730. The summed E-state index contributed by atoms with van der Waals surface area (Å²) in [4.78, 5) is 0. The van der Waals surface area contributed by atoms with E-state index >= 15 is 0 Å². The van der Waals surface area contributed by atoms with Crippen LogP contribution in [0.1, 0.15) is 37.5 Å². The van der Waals surface area contributed by atoms with E-state index in [9.17, 15) is 5.11 Å². The van der Waals surface area contributed by atoms with E-state index in [2.05, 4.69) is 20.8 Å². The van der Waals surface area contributed by atoms with E-state index in [-0.39, 0.29) is 5.41 Å². The number of phenols is 2. The van der Waals surface area contributed by atoms with E-state index in [4.69, 9.17) is 5.11 Å². The summed E-state index contributed by atoms with van der Waals surface area (Å²) < 4.78 is 0. The lowest BCUT2D eigenvalue weighted by Gasteiger charge is -2.20. The molecule has 0 atom stereocenters. The van der Waals surface area contributed by atoms with Gasteiger partial charge >= 0.3 is 0 Å². The zero-order valence-electron chi connectivity index (χ0n) is 12.9. The standard InChI is InChI=1S/C11H16O.C7H8O/c1-8-6-5-7-9(10(8)12)11(2,3)4;1-6-3-2-4-7(8)5-6/h5-7,12H,1-4H3;2-5,8H,1H3. The number of hydrogen-bond acceptors (Lipinski definition) is 2. The average Bonchev–Trinajstić information content (AvgIpc) is 2.31. The number of aromatic hydroxyl groups is 2. The summed E-state index contributed by atoms with van der Waals surface area (Å²) in [5.41, 5.74) is 3.07. The van der Waals surface area contributed by atoms with E-state index in [0.29, 0.717) is 11.5 Å². The predicted molar refractivity (Wildman–Crippen MR) is 84.4 cm³/mol. The van der Waals surface area contributed by atoms with Gasteiger partial charge in [0.05, 0.1) is 0 Å². The predicted octanol–water partition coefficient (Wildman–Crippen LogP) is 4.70. The molecule has 0 aliphatic carbocycles. The van der Waals surface area contributed by atoms with E-state index in [1.54, 1.807) is 12.1 Å². The van der Waals surface area contributed by atoms with Crippen LogP contribution in [0.3, 0.4) is 0 Å². The van der Waals surface area contributed by atoms with Crippen molar-refractivity contribution >= 4 is 0 Å². The minimum absolute atomic E-state index is 0.0239. The minimum atomic E-state index is 0.0239. The van der Waals surface area contributed by atoms with E-state index < -0.39 is 0 Å². The van der Waals surface area contributed by atoms with Crippen LogP contribution in [0.25, 0.3) is 0 Å². The van der Waals surface area contributed by atoms with Gasteiger partial charge < -0.3 is 10.2 Å². The monoisotopic (exact) mass is 272 g/mol. The lowest BCUT2D eigenvalue weighted by molar-refractivity contribution is 0.443. The number of para-hydroxylation sites is 1. The van der Waals surface area contributed by atoms with Crippen molar-refractivity contribution in [1.82, 2.24) is 0 Å². The topological polar surface area (TPSA) is 40.5 Å². The summed E-state index contributed by atoms with van der Waals surface area (Å²) >= 11 is 0. The van der Waals surface area contributed by atoms with Crippen molar-refractivity contribution in [3.05, 3.63) is 59.2 Å². The summed E-state index contributed by atoms with van der Waals surface area (Å²) in [7, 11) is 0. The summed E-state index contributed by atoms with van der Waals surface area (Å²) in [6.07, 6.45) is 0. The SMILES string of the molecule is Cc1cccc(C(C)(C)C)c1O.Cc1cccc(O)c1. The molecule has 2 aromatic carbocycles. The molecule has 20 heavy (non-hydrogen) atoms. The number of phenolic OH excluding ortho intramolecular Hbond substituents is 2. The molecule has 2 N–H and O–H groups in total. The summed E-state index contributed by atoms with van der Waals surface area (Å²) in [6.45, 7) is 10.2. The molecule has 0 fully saturated rings. The van der Waals surface area contributed by atoms with Crippen molar-refractivity contribution in [3.8, 4) is 11.5 Å². The largest absolute Gasteiger partial charge is 0.508 e. The van der Waals surface area contributed by atoms with Crippen molar-refractivity contribution in [2.24, 2.45) is 0 Å². The molecule has 0 bridgehead atoms. The van der Waals surface area contributed by atoms with Crippen molar-refractivity contribution in [2.45, 2.75) is 40.0 Å². The second kappa shape index (κ2) is 6.47. The molecule has 108 valence electrons. The normalized spacial score (nSPS) is 10.7. The first-order chi connectivity index (χ1) is 9.21. The van der Waals surface area contributed by atoms with Gasteiger partial charge in [-0.3, -0.25) is 0 Å². The maximum atomic E-state index is 9.73. The zero-order chi connectivity index (χ0) is 15.3. The average molecular weight is 272 g/mol. The Labute approximate surface area is 121 Å². The number of benzene rings is 2. The molecule has 0 amide bonds. The van der Waals surface area contributed by atoms with Crippen LogP contribution in [0.4, 0.5) is 0 Å². The Morgan fingerprint density at radius 3 is 1.85 bits per heavy atom. The molecular weight excluding hydrogens is 248 g/mol. The Hall–Kier alpha value is -1.96. The first kappa shape index (κ1) is 16.1. The lowest BCUT2D eigenvalue weighted by atomic mass is 9.85. The van der Waals surface area contributed by atoms with Crippen LogP contribution >= 0.6 is 0 Å². The van der Waals surface area contributed by atoms with Gasteiger partial charge in [0.25, 0.3) is 0 Å². The Morgan fingerprint density at radius 2 is 1.45 bits per heavy atom. The Morgan fingerprint density at radius 1 is 0.850 bits per heavy atom. The Bertz CT molecular complexity index is 549.